The number of fused-ring (bicyclic) bond motifs is 1. The largest absolute Gasteiger partial charge is 0.454 e. The van der Waals surface area contributed by atoms with Crippen LogP contribution in [0.15, 0.2) is 39.4 Å². The Morgan fingerprint density at radius 1 is 1.17 bits per heavy atom. The molecule has 1 aromatic carbocycles. The molecule has 1 aromatic heterocycles. The zero-order chi connectivity index (χ0) is 12.5. The van der Waals surface area contributed by atoms with E-state index in [1.54, 1.807) is 24.3 Å². The van der Waals surface area contributed by atoms with Crippen molar-refractivity contribution in [1.29, 1.82) is 0 Å². The first kappa shape index (κ1) is 11.2. The lowest BCUT2D eigenvalue weighted by molar-refractivity contribution is 0.0699. The number of ether oxygens (including phenoxy) is 3. The molecule has 0 saturated carbocycles. The van der Waals surface area contributed by atoms with E-state index in [4.69, 9.17) is 18.6 Å². The van der Waals surface area contributed by atoms with Gasteiger partial charge < -0.3 is 18.6 Å². The van der Waals surface area contributed by atoms with Crippen LogP contribution in [0.3, 0.4) is 0 Å². The van der Waals surface area contributed by atoms with E-state index < -0.39 is 5.97 Å². The third-order valence-electron chi connectivity index (χ3n) is 2.33. The standard InChI is InChI=1S/C12H7BrO5/c13-11-4-3-9(18-11)12(14)17-7-1-2-8-10(5-7)16-6-15-8/h1-5H,6H2. The van der Waals surface area contributed by atoms with Gasteiger partial charge in [-0.05, 0) is 40.2 Å². The van der Waals surface area contributed by atoms with Crippen LogP contribution in [0.4, 0.5) is 0 Å². The van der Waals surface area contributed by atoms with E-state index in [-0.39, 0.29) is 12.6 Å². The second-order valence-electron chi connectivity index (χ2n) is 3.51. The molecule has 3 rings (SSSR count). The highest BCUT2D eigenvalue weighted by molar-refractivity contribution is 9.10. The molecular weight excluding hydrogens is 304 g/mol. The Labute approximate surface area is 110 Å². The number of furan rings is 1. The van der Waals surface area contributed by atoms with Crippen molar-refractivity contribution in [2.24, 2.45) is 0 Å². The molecule has 1 aliphatic rings. The summed E-state index contributed by atoms with van der Waals surface area (Å²) in [6, 6.07) is 8.06. The average Bonchev–Trinajstić information content (AvgIpc) is 2.96. The van der Waals surface area contributed by atoms with Crippen molar-refractivity contribution in [3.05, 3.63) is 40.8 Å². The molecule has 0 bridgehead atoms. The molecule has 0 aliphatic carbocycles. The van der Waals surface area contributed by atoms with Gasteiger partial charge in [0, 0.05) is 6.07 Å². The number of rotatable bonds is 2. The molecule has 0 spiro atoms. The van der Waals surface area contributed by atoms with Crippen molar-refractivity contribution >= 4 is 21.9 Å². The Morgan fingerprint density at radius 2 is 2.00 bits per heavy atom. The van der Waals surface area contributed by atoms with Crippen LogP contribution in [0.25, 0.3) is 0 Å². The summed E-state index contributed by atoms with van der Waals surface area (Å²) in [5, 5.41) is 0. The van der Waals surface area contributed by atoms with E-state index in [1.165, 1.54) is 6.07 Å². The number of carbonyl (C=O) groups excluding carboxylic acids is 1. The van der Waals surface area contributed by atoms with Crippen molar-refractivity contribution < 1.29 is 23.4 Å². The van der Waals surface area contributed by atoms with E-state index in [0.29, 0.717) is 21.9 Å². The zero-order valence-electron chi connectivity index (χ0n) is 9.01. The molecule has 0 unspecified atom stereocenters. The summed E-state index contributed by atoms with van der Waals surface area (Å²) >= 11 is 3.12. The van der Waals surface area contributed by atoms with Gasteiger partial charge in [-0.2, -0.15) is 0 Å². The van der Waals surface area contributed by atoms with Crippen molar-refractivity contribution in [2.45, 2.75) is 0 Å². The number of benzene rings is 1. The van der Waals surface area contributed by atoms with Crippen molar-refractivity contribution in [2.75, 3.05) is 6.79 Å². The SMILES string of the molecule is O=C(Oc1ccc2c(c1)OCO2)c1ccc(Br)o1. The highest BCUT2D eigenvalue weighted by Gasteiger charge is 2.17. The second kappa shape index (κ2) is 4.38. The van der Waals surface area contributed by atoms with Crippen molar-refractivity contribution in [3.63, 3.8) is 0 Å². The van der Waals surface area contributed by atoms with E-state index in [9.17, 15) is 4.79 Å². The van der Waals surface area contributed by atoms with E-state index in [1.807, 2.05) is 0 Å². The Kier molecular flexibility index (Phi) is 2.71. The summed E-state index contributed by atoms with van der Waals surface area (Å²) in [7, 11) is 0. The van der Waals surface area contributed by atoms with Gasteiger partial charge in [0.2, 0.25) is 12.6 Å². The molecule has 18 heavy (non-hydrogen) atoms. The first-order valence-corrected chi connectivity index (χ1v) is 5.89. The number of halogens is 1. The van der Waals surface area contributed by atoms with Gasteiger partial charge in [-0.15, -0.1) is 0 Å². The fourth-order valence-corrected chi connectivity index (χ4v) is 1.83. The van der Waals surface area contributed by atoms with Crippen LogP contribution < -0.4 is 14.2 Å². The predicted molar refractivity (Wildman–Crippen MR) is 63.9 cm³/mol. The van der Waals surface area contributed by atoms with E-state index in [0.717, 1.165) is 0 Å². The second-order valence-corrected chi connectivity index (χ2v) is 4.29. The van der Waals surface area contributed by atoms with E-state index in [2.05, 4.69) is 15.9 Å². The maximum Gasteiger partial charge on any atom is 0.379 e. The summed E-state index contributed by atoms with van der Waals surface area (Å²) in [5.74, 6) is 1.12. The number of hydrogen-bond acceptors (Lipinski definition) is 5. The number of carbonyl (C=O) groups is 1. The molecule has 6 heteroatoms. The Bertz CT molecular complexity index is 604. The fraction of sp³-hybridized carbons (Fsp3) is 0.0833. The van der Waals surface area contributed by atoms with Crippen LogP contribution in [-0.4, -0.2) is 12.8 Å². The summed E-state index contributed by atoms with van der Waals surface area (Å²) in [6.45, 7) is 0.178. The smallest absolute Gasteiger partial charge is 0.379 e. The van der Waals surface area contributed by atoms with Gasteiger partial charge in [-0.1, -0.05) is 0 Å². The van der Waals surface area contributed by atoms with E-state index >= 15 is 0 Å². The minimum Gasteiger partial charge on any atom is -0.454 e. The molecular formula is C12H7BrO5. The molecule has 0 radical (unpaired) electrons. The van der Waals surface area contributed by atoms with Gasteiger partial charge in [-0.25, -0.2) is 4.79 Å². The van der Waals surface area contributed by atoms with Gasteiger partial charge in [-0.3, -0.25) is 0 Å². The Balaban J connectivity index is 1.78. The quantitative estimate of drug-likeness (QED) is 0.630. The first-order valence-electron chi connectivity index (χ1n) is 5.09. The summed E-state index contributed by atoms with van der Waals surface area (Å²) in [6.07, 6.45) is 0. The van der Waals surface area contributed by atoms with Gasteiger partial charge in [0.25, 0.3) is 0 Å². The maximum atomic E-state index is 11.7. The first-order chi connectivity index (χ1) is 8.72. The number of hydrogen-bond donors (Lipinski definition) is 0. The van der Waals surface area contributed by atoms with Gasteiger partial charge in [0.05, 0.1) is 0 Å². The summed E-state index contributed by atoms with van der Waals surface area (Å²) < 4.78 is 21.1. The molecule has 0 amide bonds. The summed E-state index contributed by atoms with van der Waals surface area (Å²) in [4.78, 5) is 11.7. The van der Waals surface area contributed by atoms with Crippen LogP contribution >= 0.6 is 15.9 Å². The number of esters is 1. The summed E-state index contributed by atoms with van der Waals surface area (Å²) in [5.41, 5.74) is 0. The van der Waals surface area contributed by atoms with Crippen LogP contribution in [0, 0.1) is 0 Å². The fourth-order valence-electron chi connectivity index (χ4n) is 1.52. The third-order valence-corrected chi connectivity index (χ3v) is 2.76. The molecule has 0 fully saturated rings. The van der Waals surface area contributed by atoms with Crippen LogP contribution in [-0.2, 0) is 0 Å². The molecule has 0 N–H and O–H groups in total. The normalized spacial score (nSPS) is 12.5. The molecule has 0 saturated heterocycles. The van der Waals surface area contributed by atoms with Crippen LogP contribution in [0.5, 0.6) is 17.2 Å². The topological polar surface area (TPSA) is 57.9 Å². The Hall–Kier alpha value is -1.95. The zero-order valence-corrected chi connectivity index (χ0v) is 10.6. The molecule has 5 nitrogen and oxygen atoms in total. The van der Waals surface area contributed by atoms with Gasteiger partial charge >= 0.3 is 5.97 Å². The van der Waals surface area contributed by atoms with Crippen LogP contribution in [0.1, 0.15) is 10.6 Å². The van der Waals surface area contributed by atoms with Gasteiger partial charge in [0.1, 0.15) is 5.75 Å². The highest BCUT2D eigenvalue weighted by atomic mass is 79.9. The molecule has 1 aliphatic heterocycles. The third kappa shape index (κ3) is 2.06. The molecule has 2 heterocycles. The predicted octanol–water partition coefficient (Wildman–Crippen LogP) is 2.99. The lowest BCUT2D eigenvalue weighted by atomic mass is 10.3. The monoisotopic (exact) mass is 310 g/mol. The highest BCUT2D eigenvalue weighted by Crippen LogP contribution is 2.35. The average molecular weight is 311 g/mol. The molecule has 0 atom stereocenters. The maximum absolute atomic E-state index is 11.7. The van der Waals surface area contributed by atoms with Gasteiger partial charge in [0.15, 0.2) is 16.2 Å². The molecule has 92 valence electrons. The minimum atomic E-state index is -0.570. The Morgan fingerprint density at radius 3 is 2.78 bits per heavy atom. The van der Waals surface area contributed by atoms with Crippen LogP contribution in [0.2, 0.25) is 0 Å². The van der Waals surface area contributed by atoms with Crippen molar-refractivity contribution in [3.8, 4) is 17.2 Å². The minimum absolute atomic E-state index is 0.125. The van der Waals surface area contributed by atoms with Crippen molar-refractivity contribution in [1.82, 2.24) is 0 Å². The molecule has 2 aromatic rings. The lowest BCUT2D eigenvalue weighted by Crippen LogP contribution is -2.06. The lowest BCUT2D eigenvalue weighted by Gasteiger charge is -2.03.